The van der Waals surface area contributed by atoms with E-state index in [9.17, 15) is 14.7 Å². The molecule has 0 saturated carbocycles. The van der Waals surface area contributed by atoms with Gasteiger partial charge in [-0.3, -0.25) is 0 Å². The zero-order chi connectivity index (χ0) is 20.7. The lowest BCUT2D eigenvalue weighted by Crippen LogP contribution is -2.43. The number of aliphatic hydroxyl groups is 1. The lowest BCUT2D eigenvalue weighted by atomic mass is 10.0. The second kappa shape index (κ2) is 9.71. The number of carbonyl (C=O) groups excluding carboxylic acids is 2. The predicted octanol–water partition coefficient (Wildman–Crippen LogP) is 4.12. The van der Waals surface area contributed by atoms with Gasteiger partial charge >= 0.3 is 12.1 Å². The number of halogens is 1. The van der Waals surface area contributed by atoms with Gasteiger partial charge in [0.1, 0.15) is 12.2 Å². The van der Waals surface area contributed by atoms with Gasteiger partial charge < -0.3 is 19.9 Å². The van der Waals surface area contributed by atoms with Crippen molar-refractivity contribution in [2.24, 2.45) is 0 Å². The molecule has 0 saturated heterocycles. The molecule has 150 valence electrons. The number of ether oxygens (including phenoxy) is 2. The Kier molecular flexibility index (Phi) is 7.60. The first-order chi connectivity index (χ1) is 13.2. The Morgan fingerprint density at radius 1 is 1.07 bits per heavy atom. The summed E-state index contributed by atoms with van der Waals surface area (Å²) < 4.78 is 11.1. The van der Waals surface area contributed by atoms with E-state index in [1.807, 2.05) is 30.3 Å². The van der Waals surface area contributed by atoms with Crippen molar-refractivity contribution in [1.29, 1.82) is 0 Å². The van der Waals surface area contributed by atoms with Gasteiger partial charge in [0, 0.05) is 4.47 Å². The molecule has 7 heteroatoms. The number of rotatable bonds is 6. The Balaban J connectivity index is 2.16. The van der Waals surface area contributed by atoms with Crippen molar-refractivity contribution in [1.82, 2.24) is 5.32 Å². The highest BCUT2D eigenvalue weighted by molar-refractivity contribution is 9.10. The van der Waals surface area contributed by atoms with Gasteiger partial charge in [0.2, 0.25) is 0 Å². The van der Waals surface area contributed by atoms with E-state index in [0.717, 1.165) is 5.56 Å². The van der Waals surface area contributed by atoms with Crippen LogP contribution in [-0.4, -0.2) is 28.9 Å². The quantitative estimate of drug-likeness (QED) is 0.647. The molecule has 0 heterocycles. The van der Waals surface area contributed by atoms with Crippen LogP contribution in [0.4, 0.5) is 4.79 Å². The van der Waals surface area contributed by atoms with Crippen LogP contribution in [-0.2, 0) is 20.9 Å². The average Bonchev–Trinajstić information content (AvgIpc) is 2.63. The molecule has 0 fully saturated rings. The maximum absolute atomic E-state index is 12.4. The molecule has 2 aromatic rings. The number of esters is 1. The van der Waals surface area contributed by atoms with Crippen LogP contribution in [0.5, 0.6) is 0 Å². The molecule has 2 aromatic carbocycles. The summed E-state index contributed by atoms with van der Waals surface area (Å²) in [4.78, 5) is 24.7. The van der Waals surface area contributed by atoms with Crippen LogP contribution in [0.3, 0.4) is 0 Å². The molecule has 6 nitrogen and oxygen atoms in total. The van der Waals surface area contributed by atoms with E-state index in [0.29, 0.717) is 10.0 Å². The van der Waals surface area contributed by atoms with Crippen molar-refractivity contribution in [2.45, 2.75) is 45.1 Å². The number of benzene rings is 2. The smallest absolute Gasteiger partial charge is 0.408 e. The van der Waals surface area contributed by atoms with E-state index >= 15 is 0 Å². The number of alkyl carbamates (subject to hydrolysis) is 1. The SMILES string of the molecule is CC(C)(C)OC(=O)N[C@@H](c1ccccc1Br)[C@@H](O)C(=O)OCc1ccccc1. The first-order valence-electron chi connectivity index (χ1n) is 8.80. The Hall–Kier alpha value is -2.38. The summed E-state index contributed by atoms with van der Waals surface area (Å²) in [7, 11) is 0. The van der Waals surface area contributed by atoms with Crippen LogP contribution in [0.2, 0.25) is 0 Å². The van der Waals surface area contributed by atoms with Crippen molar-refractivity contribution in [3.05, 3.63) is 70.2 Å². The molecule has 0 bridgehead atoms. The fourth-order valence-electron chi connectivity index (χ4n) is 2.44. The molecule has 0 aliphatic carbocycles. The van der Waals surface area contributed by atoms with Gasteiger partial charge in [0.15, 0.2) is 6.10 Å². The summed E-state index contributed by atoms with van der Waals surface area (Å²) in [5, 5.41) is 13.2. The number of amides is 1. The average molecular weight is 450 g/mol. The molecule has 0 radical (unpaired) electrons. The van der Waals surface area contributed by atoms with E-state index in [2.05, 4.69) is 21.2 Å². The summed E-state index contributed by atoms with van der Waals surface area (Å²) >= 11 is 3.39. The third-order valence-corrected chi connectivity index (χ3v) is 4.42. The van der Waals surface area contributed by atoms with E-state index in [4.69, 9.17) is 9.47 Å². The Labute approximate surface area is 173 Å². The Morgan fingerprint density at radius 2 is 1.68 bits per heavy atom. The summed E-state index contributed by atoms with van der Waals surface area (Å²) in [5.74, 6) is -0.847. The second-order valence-corrected chi connectivity index (χ2v) is 8.04. The standard InChI is InChI=1S/C21H24BrNO5/c1-21(2,3)28-20(26)23-17(15-11-7-8-12-16(15)22)18(24)19(25)27-13-14-9-5-4-6-10-14/h4-12,17-18,24H,13H2,1-3H3,(H,23,26)/t17-,18+/m0/s1. The molecule has 1 amide bonds. The van der Waals surface area contributed by atoms with E-state index in [1.165, 1.54) is 0 Å². The number of aliphatic hydroxyl groups excluding tert-OH is 1. The number of carbonyl (C=O) groups is 2. The highest BCUT2D eigenvalue weighted by atomic mass is 79.9. The van der Waals surface area contributed by atoms with Crippen LogP contribution in [0.1, 0.15) is 37.9 Å². The number of nitrogens with one attached hydrogen (secondary N) is 1. The maximum atomic E-state index is 12.4. The van der Waals surface area contributed by atoms with Gasteiger partial charge in [-0.15, -0.1) is 0 Å². The molecule has 0 aliphatic rings. The normalized spacial score (nSPS) is 13.3. The minimum absolute atomic E-state index is 0.0197. The van der Waals surface area contributed by atoms with Gasteiger partial charge in [-0.05, 0) is 38.0 Å². The fraction of sp³-hybridized carbons (Fsp3) is 0.333. The minimum Gasteiger partial charge on any atom is -0.459 e. The molecule has 28 heavy (non-hydrogen) atoms. The highest BCUT2D eigenvalue weighted by Crippen LogP contribution is 2.27. The second-order valence-electron chi connectivity index (χ2n) is 7.18. The highest BCUT2D eigenvalue weighted by Gasteiger charge is 2.33. The topological polar surface area (TPSA) is 84.9 Å². The largest absolute Gasteiger partial charge is 0.459 e. The third-order valence-electron chi connectivity index (χ3n) is 3.69. The molecular weight excluding hydrogens is 426 g/mol. The summed E-state index contributed by atoms with van der Waals surface area (Å²) in [6, 6.07) is 15.1. The van der Waals surface area contributed by atoms with Crippen LogP contribution in [0.25, 0.3) is 0 Å². The Bertz CT molecular complexity index is 804. The molecule has 0 aliphatic heterocycles. The lowest BCUT2D eigenvalue weighted by molar-refractivity contribution is -0.156. The third kappa shape index (κ3) is 6.65. The lowest BCUT2D eigenvalue weighted by Gasteiger charge is -2.26. The van der Waals surface area contributed by atoms with Crippen molar-refractivity contribution in [3.8, 4) is 0 Å². The van der Waals surface area contributed by atoms with Crippen LogP contribution in [0, 0.1) is 0 Å². The van der Waals surface area contributed by atoms with Crippen molar-refractivity contribution >= 4 is 28.0 Å². The van der Waals surface area contributed by atoms with Gasteiger partial charge in [-0.25, -0.2) is 9.59 Å². The van der Waals surface area contributed by atoms with Crippen molar-refractivity contribution < 1.29 is 24.2 Å². The summed E-state index contributed by atoms with van der Waals surface area (Å²) in [6.45, 7) is 5.20. The van der Waals surface area contributed by atoms with Gasteiger partial charge in [0.25, 0.3) is 0 Å². The first-order valence-corrected chi connectivity index (χ1v) is 9.59. The van der Waals surface area contributed by atoms with Crippen LogP contribution >= 0.6 is 15.9 Å². The van der Waals surface area contributed by atoms with Gasteiger partial charge in [0.05, 0.1) is 6.04 Å². The van der Waals surface area contributed by atoms with Crippen molar-refractivity contribution in [2.75, 3.05) is 0 Å². The maximum Gasteiger partial charge on any atom is 0.408 e. The van der Waals surface area contributed by atoms with E-state index < -0.39 is 29.8 Å². The monoisotopic (exact) mass is 449 g/mol. The number of hydrogen-bond acceptors (Lipinski definition) is 5. The fourth-order valence-corrected chi connectivity index (χ4v) is 2.97. The van der Waals surface area contributed by atoms with Crippen LogP contribution < -0.4 is 5.32 Å². The zero-order valence-corrected chi connectivity index (χ0v) is 17.6. The molecule has 0 spiro atoms. The van der Waals surface area contributed by atoms with E-state index in [-0.39, 0.29) is 6.61 Å². The summed E-state index contributed by atoms with van der Waals surface area (Å²) in [6.07, 6.45) is -2.36. The van der Waals surface area contributed by atoms with Crippen LogP contribution in [0.15, 0.2) is 59.1 Å². The first kappa shape index (κ1) is 21.9. The van der Waals surface area contributed by atoms with Gasteiger partial charge in [-0.2, -0.15) is 0 Å². The summed E-state index contributed by atoms with van der Waals surface area (Å²) in [5.41, 5.74) is 0.597. The molecule has 0 aromatic heterocycles. The molecule has 2 rings (SSSR count). The van der Waals surface area contributed by atoms with Crippen molar-refractivity contribution in [3.63, 3.8) is 0 Å². The number of hydrogen-bond donors (Lipinski definition) is 2. The van der Waals surface area contributed by atoms with E-state index in [1.54, 1.807) is 45.0 Å². The predicted molar refractivity (Wildman–Crippen MR) is 108 cm³/mol. The zero-order valence-electron chi connectivity index (χ0n) is 16.0. The molecular formula is C21H24BrNO5. The molecule has 0 unspecified atom stereocenters. The van der Waals surface area contributed by atoms with Gasteiger partial charge in [-0.1, -0.05) is 64.5 Å². The Morgan fingerprint density at radius 3 is 2.29 bits per heavy atom. The molecule has 2 atom stereocenters. The molecule has 2 N–H and O–H groups in total. The minimum atomic E-state index is -1.62.